The van der Waals surface area contributed by atoms with Crippen LogP contribution < -0.4 is 0 Å². The fourth-order valence-corrected chi connectivity index (χ4v) is 4.76. The van der Waals surface area contributed by atoms with E-state index in [1.165, 1.54) is 0 Å². The maximum absolute atomic E-state index is 5.78. The molecule has 0 aromatic heterocycles. The van der Waals surface area contributed by atoms with Crippen molar-refractivity contribution in [1.29, 1.82) is 0 Å². The Morgan fingerprint density at radius 3 is 2.28 bits per heavy atom. The van der Waals surface area contributed by atoms with Gasteiger partial charge < -0.3 is 13.6 Å². The van der Waals surface area contributed by atoms with E-state index in [0.29, 0.717) is 8.50 Å². The van der Waals surface area contributed by atoms with E-state index in [-0.39, 0.29) is 12.2 Å². The maximum atomic E-state index is 5.78. The van der Waals surface area contributed by atoms with Gasteiger partial charge in [-0.3, -0.25) is 0 Å². The second kappa shape index (κ2) is 22.2. The van der Waals surface area contributed by atoms with Crippen molar-refractivity contribution >= 4 is 52.3 Å². The minimum absolute atomic E-state index is 0.00299. The van der Waals surface area contributed by atoms with Crippen LogP contribution in [0.5, 0.6) is 0 Å². The molecule has 0 fully saturated rings. The van der Waals surface area contributed by atoms with Crippen molar-refractivity contribution in [2.45, 2.75) is 64.6 Å². The minimum Gasteiger partial charge on any atom is -0.475 e. The fraction of sp³-hybridized carbons (Fsp3) is 0.500. The lowest BCUT2D eigenvalue weighted by molar-refractivity contribution is 0.209. The predicted molar refractivity (Wildman–Crippen MR) is 149 cm³/mol. The largest absolute Gasteiger partial charge is 0.475 e. The summed E-state index contributed by atoms with van der Waals surface area (Å²) in [5.41, 5.74) is 0. The molecule has 0 bridgehead atoms. The summed E-state index contributed by atoms with van der Waals surface area (Å²) in [5, 5.41) is 0. The molecule has 0 saturated carbocycles. The van der Waals surface area contributed by atoms with Crippen LogP contribution in [0.25, 0.3) is 0 Å². The van der Waals surface area contributed by atoms with Gasteiger partial charge in [0.25, 0.3) is 0 Å². The lowest BCUT2D eigenvalue weighted by Crippen LogP contribution is -2.11. The van der Waals surface area contributed by atoms with Crippen LogP contribution in [0.4, 0.5) is 0 Å². The Labute approximate surface area is 190 Å². The second-order valence-electron chi connectivity index (χ2n) is 6.15. The average molecular weight is 512 g/mol. The molecular formula is C20H38O3P6. The Kier molecular flexibility index (Phi) is 23.0. The van der Waals surface area contributed by atoms with E-state index in [4.69, 9.17) is 13.6 Å². The van der Waals surface area contributed by atoms with Gasteiger partial charge in [0.15, 0.2) is 0 Å². The zero-order chi connectivity index (χ0) is 21.7. The molecule has 0 aromatic rings. The van der Waals surface area contributed by atoms with Crippen LogP contribution in [0.15, 0.2) is 60.4 Å². The van der Waals surface area contributed by atoms with Crippen LogP contribution in [-0.4, -0.2) is 12.2 Å². The molecule has 0 heterocycles. The molecule has 0 saturated heterocycles. The Morgan fingerprint density at radius 1 is 1.03 bits per heavy atom. The lowest BCUT2D eigenvalue weighted by atomic mass is 10.1. The molecule has 0 aromatic carbocycles. The molecule has 7 unspecified atom stereocenters. The number of hydrogen-bond donors (Lipinski definition) is 0. The van der Waals surface area contributed by atoms with Gasteiger partial charge in [0.05, 0.1) is 22.1 Å². The molecule has 0 aliphatic heterocycles. The number of allylic oxidation sites excluding steroid dienone is 8. The Hall–Kier alpha value is 1.00. The molecule has 7 atom stereocenters. The van der Waals surface area contributed by atoms with Crippen molar-refractivity contribution < 1.29 is 13.6 Å². The van der Waals surface area contributed by atoms with Crippen molar-refractivity contribution in [3.05, 3.63) is 60.4 Å². The van der Waals surface area contributed by atoms with Crippen molar-refractivity contribution in [3.63, 3.8) is 0 Å². The molecule has 0 aliphatic rings. The summed E-state index contributed by atoms with van der Waals surface area (Å²) < 4.78 is 17.0. The van der Waals surface area contributed by atoms with Gasteiger partial charge >= 0.3 is 0 Å². The Bertz CT molecular complexity index is 532. The van der Waals surface area contributed by atoms with E-state index in [2.05, 4.69) is 92.6 Å². The summed E-state index contributed by atoms with van der Waals surface area (Å²) in [7, 11) is 10.2. The van der Waals surface area contributed by atoms with Crippen molar-refractivity contribution in [2.24, 2.45) is 0 Å². The quantitative estimate of drug-likeness (QED) is 0.0848. The lowest BCUT2D eigenvalue weighted by Gasteiger charge is -2.18. The summed E-state index contributed by atoms with van der Waals surface area (Å²) in [4.78, 5) is 0. The summed E-state index contributed by atoms with van der Waals surface area (Å²) in [6, 6.07) is 0. The zero-order valence-corrected chi connectivity index (χ0v) is 24.1. The smallest absolute Gasteiger partial charge is 0.129 e. The summed E-state index contributed by atoms with van der Waals surface area (Å²) >= 11 is 0. The Morgan fingerprint density at radius 2 is 1.72 bits per heavy atom. The molecule has 0 amide bonds. The zero-order valence-electron chi connectivity index (χ0n) is 17.6. The monoisotopic (exact) mass is 512 g/mol. The average Bonchev–Trinajstić information content (AvgIpc) is 2.71. The van der Waals surface area contributed by atoms with Crippen molar-refractivity contribution in [3.8, 4) is 0 Å². The van der Waals surface area contributed by atoms with Gasteiger partial charge in [-0.2, -0.15) is 0 Å². The summed E-state index contributed by atoms with van der Waals surface area (Å²) in [6.45, 7) is 4.32. The first-order valence-corrected chi connectivity index (χ1v) is 17.6. The van der Waals surface area contributed by atoms with Crippen molar-refractivity contribution in [2.75, 3.05) is 0 Å². The maximum Gasteiger partial charge on any atom is 0.129 e. The number of unbranched alkanes of at least 4 members (excludes halogenated alkanes) is 1. The first-order valence-electron chi connectivity index (χ1n) is 9.88. The molecule has 29 heavy (non-hydrogen) atoms. The van der Waals surface area contributed by atoms with Gasteiger partial charge in [-0.1, -0.05) is 102 Å². The first-order chi connectivity index (χ1) is 14.1. The molecule has 9 heteroatoms. The van der Waals surface area contributed by atoms with Gasteiger partial charge in [0.2, 0.25) is 0 Å². The molecule has 0 rings (SSSR count). The van der Waals surface area contributed by atoms with Crippen LogP contribution in [0.3, 0.4) is 0 Å². The van der Waals surface area contributed by atoms with E-state index < -0.39 is 7.53 Å². The topological polar surface area (TPSA) is 27.7 Å². The highest BCUT2D eigenvalue weighted by molar-refractivity contribution is 8.41. The molecule has 166 valence electrons. The standard InChI is InChI=1S/C20H38O3P6/c1-3-5-16-19(21-24)20(22-28-25)17-14-12-10-8-6-7-9-11-13-15-18(4-2)23-29(26)27/h6,8-9,11-15,17-19,28H,3-5,7,10,16,24-27H2,1-2H3/b8-6-,11-9-,14-12+,15-13+,20-17?. The van der Waals surface area contributed by atoms with Crippen LogP contribution in [-0.2, 0) is 13.6 Å². The van der Waals surface area contributed by atoms with E-state index in [9.17, 15) is 0 Å². The third kappa shape index (κ3) is 18.3. The fourth-order valence-electron chi connectivity index (χ4n) is 2.28. The number of rotatable bonds is 17. The highest BCUT2D eigenvalue weighted by Crippen LogP contribution is 2.54. The molecular weight excluding hydrogens is 474 g/mol. The van der Waals surface area contributed by atoms with Gasteiger partial charge in [0, 0.05) is 9.47 Å². The molecule has 0 N–H and O–H groups in total. The van der Waals surface area contributed by atoms with E-state index in [1.54, 1.807) is 0 Å². The highest BCUT2D eigenvalue weighted by Gasteiger charge is 2.13. The molecule has 0 spiro atoms. The van der Waals surface area contributed by atoms with Crippen LogP contribution >= 0.6 is 52.3 Å². The van der Waals surface area contributed by atoms with Crippen LogP contribution in [0, 0.1) is 0 Å². The Balaban J connectivity index is 4.32. The minimum atomic E-state index is -0.478. The molecule has 3 nitrogen and oxygen atoms in total. The summed E-state index contributed by atoms with van der Waals surface area (Å²) in [5.74, 6) is 0.891. The van der Waals surface area contributed by atoms with E-state index in [0.717, 1.165) is 44.3 Å². The number of hydrogen-bond acceptors (Lipinski definition) is 3. The predicted octanol–water partition coefficient (Wildman–Crippen LogP) is 8.41. The SMILES string of the molecule is CCCCC(OP)C(=C/C=C/C/C=C\C/C=C\C=C\C(CC)OP(P)P)OPP. The van der Waals surface area contributed by atoms with Crippen LogP contribution in [0.2, 0.25) is 0 Å². The highest BCUT2D eigenvalue weighted by atomic mass is 32.4. The van der Waals surface area contributed by atoms with E-state index in [1.807, 2.05) is 12.2 Å². The normalized spacial score (nSPS) is 15.9. The van der Waals surface area contributed by atoms with Crippen LogP contribution in [0.1, 0.15) is 52.4 Å². The van der Waals surface area contributed by atoms with Crippen molar-refractivity contribution in [1.82, 2.24) is 0 Å². The third-order valence-corrected chi connectivity index (χ3v) is 6.10. The van der Waals surface area contributed by atoms with Gasteiger partial charge in [-0.05, 0) is 31.8 Å². The van der Waals surface area contributed by atoms with Gasteiger partial charge in [0.1, 0.15) is 11.9 Å². The summed E-state index contributed by atoms with van der Waals surface area (Å²) in [6.07, 6.45) is 25.2. The molecule has 0 aliphatic carbocycles. The van der Waals surface area contributed by atoms with Gasteiger partial charge in [-0.25, -0.2) is 0 Å². The second-order valence-corrected chi connectivity index (χ2v) is 13.3. The van der Waals surface area contributed by atoms with Gasteiger partial charge in [-0.15, -0.1) is 0 Å². The van der Waals surface area contributed by atoms with E-state index >= 15 is 0 Å². The third-order valence-electron chi connectivity index (χ3n) is 3.82. The first kappa shape index (κ1) is 30.0. The molecule has 0 radical (unpaired) electrons.